The maximum absolute atomic E-state index is 13.9. The van der Waals surface area contributed by atoms with Crippen molar-refractivity contribution in [2.45, 2.75) is 24.9 Å². The number of halogens is 2. The molecule has 0 aliphatic carbocycles. The zero-order valence-corrected chi connectivity index (χ0v) is 15.4. The van der Waals surface area contributed by atoms with Crippen LogP contribution in [0, 0.1) is 0 Å². The smallest absolute Gasteiger partial charge is 0.260 e. The predicted molar refractivity (Wildman–Crippen MR) is 104 cm³/mol. The van der Waals surface area contributed by atoms with Gasteiger partial charge in [-0.2, -0.15) is 10.2 Å². The van der Waals surface area contributed by atoms with Crippen LogP contribution in [0.1, 0.15) is 24.1 Å². The van der Waals surface area contributed by atoms with Gasteiger partial charge in [0.15, 0.2) is 17.1 Å². The molecule has 1 aliphatic heterocycles. The van der Waals surface area contributed by atoms with Crippen LogP contribution in [0.3, 0.4) is 0 Å². The molecule has 1 aliphatic rings. The third-order valence-corrected chi connectivity index (χ3v) is 5.42. The number of aromatic nitrogens is 8. The number of aromatic amines is 1. The predicted octanol–water partition coefficient (Wildman–Crippen LogP) is 3.23. The van der Waals surface area contributed by atoms with Gasteiger partial charge < -0.3 is 5.32 Å². The van der Waals surface area contributed by atoms with Crippen LogP contribution >= 0.6 is 0 Å². The van der Waals surface area contributed by atoms with E-state index < -0.39 is 12.5 Å². The van der Waals surface area contributed by atoms with Crippen LogP contribution in [0.25, 0.3) is 28.1 Å². The molecule has 0 radical (unpaired) electrons. The summed E-state index contributed by atoms with van der Waals surface area (Å²) in [5.74, 6) is 0.855. The number of benzene rings is 1. The third-order valence-electron chi connectivity index (χ3n) is 5.42. The Labute approximate surface area is 167 Å². The Hall–Kier alpha value is -3.89. The normalized spacial score (nSPS) is 18.8. The largest absolute Gasteiger partial charge is 0.363 e. The van der Waals surface area contributed by atoms with E-state index in [-0.39, 0.29) is 12.5 Å². The Morgan fingerprint density at radius 2 is 2.00 bits per heavy atom. The first kappa shape index (κ1) is 17.0. The number of anilines is 1. The Balaban J connectivity index is 1.49. The van der Waals surface area contributed by atoms with Crippen molar-refractivity contribution < 1.29 is 8.78 Å². The first-order chi connectivity index (χ1) is 14.7. The molecule has 2 atom stereocenters. The maximum Gasteiger partial charge on any atom is 0.260 e. The van der Waals surface area contributed by atoms with E-state index in [0.29, 0.717) is 28.5 Å². The number of alkyl halides is 2. The average molecular weight is 407 g/mol. The van der Waals surface area contributed by atoms with Crippen molar-refractivity contribution >= 4 is 22.5 Å². The van der Waals surface area contributed by atoms with Gasteiger partial charge in [-0.1, -0.05) is 30.3 Å². The van der Waals surface area contributed by atoms with Crippen LogP contribution in [0.5, 0.6) is 0 Å². The quantitative estimate of drug-likeness (QED) is 0.476. The van der Waals surface area contributed by atoms with Gasteiger partial charge in [-0.25, -0.2) is 27.9 Å². The Morgan fingerprint density at radius 1 is 1.13 bits per heavy atom. The molecule has 6 rings (SSSR count). The van der Waals surface area contributed by atoms with Crippen LogP contribution in [-0.2, 0) is 0 Å². The van der Waals surface area contributed by atoms with E-state index in [1.165, 1.54) is 17.2 Å². The summed E-state index contributed by atoms with van der Waals surface area (Å²) in [5.41, 5.74) is 2.67. The van der Waals surface area contributed by atoms with Gasteiger partial charge in [0.1, 0.15) is 18.2 Å². The highest BCUT2D eigenvalue weighted by atomic mass is 19.3. The number of rotatable bonds is 3. The van der Waals surface area contributed by atoms with Crippen molar-refractivity contribution in [1.29, 1.82) is 0 Å². The molecule has 2 N–H and O–H groups in total. The third kappa shape index (κ3) is 2.48. The minimum absolute atomic E-state index is 0.230. The van der Waals surface area contributed by atoms with Crippen LogP contribution in [-0.4, -0.2) is 46.0 Å². The number of nitrogens with zero attached hydrogens (tertiary/aromatic N) is 7. The van der Waals surface area contributed by atoms with Gasteiger partial charge in [-0.05, 0) is 12.0 Å². The van der Waals surface area contributed by atoms with Crippen LogP contribution in [0.2, 0.25) is 0 Å². The van der Waals surface area contributed by atoms with Crippen molar-refractivity contribution in [3.8, 4) is 11.4 Å². The van der Waals surface area contributed by atoms with Gasteiger partial charge in [-0.15, -0.1) is 5.10 Å². The Bertz CT molecular complexity index is 1350. The van der Waals surface area contributed by atoms with Gasteiger partial charge in [0, 0.05) is 0 Å². The van der Waals surface area contributed by atoms with E-state index in [2.05, 4.69) is 35.7 Å². The molecular formula is C19H15F2N9. The first-order valence-electron chi connectivity index (χ1n) is 9.41. The molecule has 0 spiro atoms. The van der Waals surface area contributed by atoms with Gasteiger partial charge >= 0.3 is 0 Å². The topological polar surface area (TPSA) is 102 Å². The molecule has 0 saturated carbocycles. The molecule has 150 valence electrons. The minimum atomic E-state index is -2.55. The monoisotopic (exact) mass is 407 g/mol. The van der Waals surface area contributed by atoms with E-state index in [9.17, 15) is 8.78 Å². The summed E-state index contributed by atoms with van der Waals surface area (Å²) < 4.78 is 30.6. The highest BCUT2D eigenvalue weighted by Gasteiger charge is 2.36. The lowest BCUT2D eigenvalue weighted by Crippen LogP contribution is -2.31. The van der Waals surface area contributed by atoms with Crippen LogP contribution < -0.4 is 5.32 Å². The summed E-state index contributed by atoms with van der Waals surface area (Å²) in [7, 11) is 0. The standard InChI is InChI=1S/C19H15F2N9/c20-15(21)14-6-13(10-4-2-1-3-5-10)25-19-12(8-24-30(14)19)17-26-18-11-7-23-27-16(11)22-9-29(18)28-17/h1-5,7-9,13-15,25H,6H2,(H,23,27). The van der Waals surface area contributed by atoms with Crippen molar-refractivity contribution in [1.82, 2.24) is 39.6 Å². The highest BCUT2D eigenvalue weighted by Crippen LogP contribution is 2.41. The highest BCUT2D eigenvalue weighted by molar-refractivity contribution is 5.89. The molecule has 30 heavy (non-hydrogen) atoms. The number of H-pyrrole nitrogens is 1. The summed E-state index contributed by atoms with van der Waals surface area (Å²) in [4.78, 5) is 8.85. The number of hydrogen-bond acceptors (Lipinski definition) is 6. The number of fused-ring (bicyclic) bond motifs is 4. The summed E-state index contributed by atoms with van der Waals surface area (Å²) in [5, 5.41) is 19.6. The Kier molecular flexibility index (Phi) is 3.58. The molecule has 5 heterocycles. The molecule has 5 aromatic rings. The molecule has 0 amide bonds. The first-order valence-corrected chi connectivity index (χ1v) is 9.41. The molecular weight excluding hydrogens is 392 g/mol. The number of hydrogen-bond donors (Lipinski definition) is 2. The lowest BCUT2D eigenvalue weighted by molar-refractivity contribution is 0.0659. The van der Waals surface area contributed by atoms with Crippen molar-refractivity contribution in [2.24, 2.45) is 0 Å². The lowest BCUT2D eigenvalue weighted by Gasteiger charge is -2.32. The molecule has 9 nitrogen and oxygen atoms in total. The summed E-state index contributed by atoms with van der Waals surface area (Å²) in [6.07, 6.45) is 2.37. The SMILES string of the molecule is FC(F)C1CC(c2ccccc2)Nc2c(-c3nc4c5cn[nH]c5ncn4n3)cnn21. The summed E-state index contributed by atoms with van der Waals surface area (Å²) >= 11 is 0. The average Bonchev–Trinajstić information content (AvgIpc) is 3.49. The number of nitrogens with one attached hydrogen (secondary N) is 2. The van der Waals surface area contributed by atoms with Gasteiger partial charge in [0.25, 0.3) is 6.43 Å². The molecule has 2 unspecified atom stereocenters. The second-order valence-electron chi connectivity index (χ2n) is 7.18. The van der Waals surface area contributed by atoms with Crippen LogP contribution in [0.15, 0.2) is 49.1 Å². The maximum atomic E-state index is 13.9. The van der Waals surface area contributed by atoms with E-state index in [0.717, 1.165) is 10.9 Å². The van der Waals surface area contributed by atoms with Gasteiger partial charge in [-0.3, -0.25) is 5.10 Å². The van der Waals surface area contributed by atoms with E-state index in [1.807, 2.05) is 30.3 Å². The lowest BCUT2D eigenvalue weighted by atomic mass is 9.97. The fraction of sp³-hybridized carbons (Fsp3) is 0.211. The van der Waals surface area contributed by atoms with E-state index >= 15 is 0 Å². The van der Waals surface area contributed by atoms with Crippen molar-refractivity contribution in [2.75, 3.05) is 5.32 Å². The van der Waals surface area contributed by atoms with Crippen molar-refractivity contribution in [3.63, 3.8) is 0 Å². The van der Waals surface area contributed by atoms with Gasteiger partial charge in [0.05, 0.1) is 29.4 Å². The van der Waals surface area contributed by atoms with Crippen LogP contribution in [0.4, 0.5) is 14.6 Å². The van der Waals surface area contributed by atoms with Gasteiger partial charge in [0.2, 0.25) is 0 Å². The fourth-order valence-corrected chi connectivity index (χ4v) is 3.96. The molecule has 11 heteroatoms. The molecule has 0 fully saturated rings. The van der Waals surface area contributed by atoms with Crippen molar-refractivity contribution in [3.05, 3.63) is 54.6 Å². The molecule has 0 saturated heterocycles. The zero-order chi connectivity index (χ0) is 20.2. The minimum Gasteiger partial charge on any atom is -0.363 e. The molecule has 4 aromatic heterocycles. The molecule has 0 bridgehead atoms. The summed E-state index contributed by atoms with van der Waals surface area (Å²) in [6, 6.07) is 8.24. The fourth-order valence-electron chi connectivity index (χ4n) is 3.96. The molecule has 1 aromatic carbocycles. The second-order valence-corrected chi connectivity index (χ2v) is 7.18. The Morgan fingerprint density at radius 3 is 2.83 bits per heavy atom. The summed E-state index contributed by atoms with van der Waals surface area (Å²) in [6.45, 7) is 0. The van der Waals surface area contributed by atoms with E-state index in [1.54, 1.807) is 10.7 Å². The second kappa shape index (κ2) is 6.31. The zero-order valence-electron chi connectivity index (χ0n) is 15.4. The van der Waals surface area contributed by atoms with E-state index in [4.69, 9.17) is 0 Å².